The number of carbonyl (C=O) groups is 1. The van der Waals surface area contributed by atoms with Gasteiger partial charge in [0.25, 0.3) is 0 Å². The number of carbonyl (C=O) groups excluding carboxylic acids is 1. The SMILES string of the molecule is CCC1CN(C(=O)C2Cc3ccccc3N2)CCS1. The first-order chi connectivity index (χ1) is 9.28. The van der Waals surface area contributed by atoms with Crippen molar-refractivity contribution in [3.63, 3.8) is 0 Å². The Kier molecular flexibility index (Phi) is 3.69. The number of para-hydroxylation sites is 1. The zero-order valence-corrected chi connectivity index (χ0v) is 12.1. The molecule has 3 nitrogen and oxygen atoms in total. The van der Waals surface area contributed by atoms with Crippen LogP contribution in [0.2, 0.25) is 0 Å². The molecule has 0 aliphatic carbocycles. The second-order valence-corrected chi connectivity index (χ2v) is 6.65. The Labute approximate surface area is 118 Å². The van der Waals surface area contributed by atoms with E-state index in [1.165, 1.54) is 5.56 Å². The van der Waals surface area contributed by atoms with Crippen molar-refractivity contribution in [3.8, 4) is 0 Å². The van der Waals surface area contributed by atoms with E-state index in [-0.39, 0.29) is 11.9 Å². The van der Waals surface area contributed by atoms with Crippen LogP contribution in [0.5, 0.6) is 0 Å². The van der Waals surface area contributed by atoms with Gasteiger partial charge in [-0.15, -0.1) is 0 Å². The molecule has 2 heterocycles. The third-order valence-electron chi connectivity index (χ3n) is 3.98. The predicted molar refractivity (Wildman–Crippen MR) is 80.7 cm³/mol. The molecule has 0 saturated carbocycles. The summed E-state index contributed by atoms with van der Waals surface area (Å²) in [5.74, 6) is 1.35. The van der Waals surface area contributed by atoms with Gasteiger partial charge in [-0.1, -0.05) is 25.1 Å². The summed E-state index contributed by atoms with van der Waals surface area (Å²) in [6.07, 6.45) is 1.97. The molecule has 2 aliphatic rings. The molecule has 2 unspecified atom stereocenters. The number of hydrogen-bond donors (Lipinski definition) is 1. The summed E-state index contributed by atoms with van der Waals surface area (Å²) >= 11 is 2.00. The third kappa shape index (κ3) is 2.59. The van der Waals surface area contributed by atoms with Gasteiger partial charge in [-0.2, -0.15) is 11.8 Å². The van der Waals surface area contributed by atoms with Crippen LogP contribution < -0.4 is 5.32 Å². The van der Waals surface area contributed by atoms with Crippen molar-refractivity contribution < 1.29 is 4.79 Å². The normalized spacial score (nSPS) is 25.8. The van der Waals surface area contributed by atoms with E-state index >= 15 is 0 Å². The average Bonchev–Trinajstić information content (AvgIpc) is 2.90. The molecule has 3 rings (SSSR count). The van der Waals surface area contributed by atoms with E-state index < -0.39 is 0 Å². The number of nitrogens with one attached hydrogen (secondary N) is 1. The maximum Gasteiger partial charge on any atom is 0.245 e. The van der Waals surface area contributed by atoms with Crippen molar-refractivity contribution in [1.82, 2.24) is 4.90 Å². The lowest BCUT2D eigenvalue weighted by atomic mass is 10.1. The molecule has 19 heavy (non-hydrogen) atoms. The Morgan fingerprint density at radius 1 is 1.47 bits per heavy atom. The quantitative estimate of drug-likeness (QED) is 0.900. The monoisotopic (exact) mass is 276 g/mol. The van der Waals surface area contributed by atoms with Crippen LogP contribution in [0.3, 0.4) is 0 Å². The van der Waals surface area contributed by atoms with Gasteiger partial charge in [0, 0.05) is 36.2 Å². The first kappa shape index (κ1) is 12.9. The highest BCUT2D eigenvalue weighted by molar-refractivity contribution is 8.00. The minimum Gasteiger partial charge on any atom is -0.373 e. The van der Waals surface area contributed by atoms with Gasteiger partial charge in [0.2, 0.25) is 5.91 Å². The maximum absolute atomic E-state index is 12.6. The van der Waals surface area contributed by atoms with Crippen LogP contribution in [-0.2, 0) is 11.2 Å². The number of fused-ring (bicyclic) bond motifs is 1. The standard InChI is InChI=1S/C15H20N2OS/c1-2-12-10-17(7-8-19-12)15(18)14-9-11-5-3-4-6-13(11)16-14/h3-6,12,14,16H,2,7-10H2,1H3. The topological polar surface area (TPSA) is 32.3 Å². The average molecular weight is 276 g/mol. The van der Waals surface area contributed by atoms with Crippen LogP contribution in [0.25, 0.3) is 0 Å². The van der Waals surface area contributed by atoms with Crippen molar-refractivity contribution in [2.45, 2.75) is 31.1 Å². The molecule has 2 aliphatic heterocycles. The van der Waals surface area contributed by atoms with E-state index in [9.17, 15) is 4.79 Å². The molecule has 102 valence electrons. The molecule has 2 atom stereocenters. The zero-order valence-electron chi connectivity index (χ0n) is 11.3. The van der Waals surface area contributed by atoms with Gasteiger partial charge in [0.15, 0.2) is 0 Å². The fourth-order valence-corrected chi connectivity index (χ4v) is 4.01. The van der Waals surface area contributed by atoms with Gasteiger partial charge in [-0.05, 0) is 18.1 Å². The molecule has 0 spiro atoms. The first-order valence-electron chi connectivity index (χ1n) is 7.02. The lowest BCUT2D eigenvalue weighted by Gasteiger charge is -2.33. The van der Waals surface area contributed by atoms with E-state index in [0.29, 0.717) is 5.25 Å². The first-order valence-corrected chi connectivity index (χ1v) is 8.07. The summed E-state index contributed by atoms with van der Waals surface area (Å²) in [4.78, 5) is 14.6. The summed E-state index contributed by atoms with van der Waals surface area (Å²) in [7, 11) is 0. The van der Waals surface area contributed by atoms with Gasteiger partial charge < -0.3 is 10.2 Å². The summed E-state index contributed by atoms with van der Waals surface area (Å²) in [5.41, 5.74) is 2.39. The Balaban J connectivity index is 1.66. The highest BCUT2D eigenvalue weighted by Crippen LogP contribution is 2.28. The maximum atomic E-state index is 12.6. The number of rotatable bonds is 2. The van der Waals surface area contributed by atoms with Crippen molar-refractivity contribution in [1.29, 1.82) is 0 Å². The highest BCUT2D eigenvalue weighted by Gasteiger charge is 2.32. The lowest BCUT2D eigenvalue weighted by Crippen LogP contribution is -2.48. The molecular weight excluding hydrogens is 256 g/mol. The summed E-state index contributed by atoms with van der Waals surface area (Å²) in [5, 5.41) is 3.98. The van der Waals surface area contributed by atoms with Crippen LogP contribution in [0.15, 0.2) is 24.3 Å². The van der Waals surface area contributed by atoms with E-state index in [0.717, 1.165) is 37.4 Å². The Morgan fingerprint density at radius 3 is 3.11 bits per heavy atom. The predicted octanol–water partition coefficient (Wildman–Crippen LogP) is 2.38. The summed E-state index contributed by atoms with van der Waals surface area (Å²) in [6.45, 7) is 4.01. The second-order valence-electron chi connectivity index (χ2n) is 5.24. The zero-order chi connectivity index (χ0) is 13.2. The summed E-state index contributed by atoms with van der Waals surface area (Å²) in [6, 6.07) is 8.17. The lowest BCUT2D eigenvalue weighted by molar-refractivity contribution is -0.131. The van der Waals surface area contributed by atoms with Crippen molar-refractivity contribution >= 4 is 23.4 Å². The molecular formula is C15H20N2OS. The molecule has 1 N–H and O–H groups in total. The van der Waals surface area contributed by atoms with Crippen LogP contribution in [0, 0.1) is 0 Å². The van der Waals surface area contributed by atoms with Gasteiger partial charge in [-0.25, -0.2) is 0 Å². The van der Waals surface area contributed by atoms with E-state index in [1.807, 2.05) is 28.8 Å². The highest BCUT2D eigenvalue weighted by atomic mass is 32.2. The van der Waals surface area contributed by atoms with Gasteiger partial charge >= 0.3 is 0 Å². The Morgan fingerprint density at radius 2 is 2.32 bits per heavy atom. The third-order valence-corrected chi connectivity index (χ3v) is 5.35. The molecule has 1 saturated heterocycles. The van der Waals surface area contributed by atoms with Crippen molar-refractivity contribution in [3.05, 3.63) is 29.8 Å². The number of thioether (sulfide) groups is 1. The second kappa shape index (κ2) is 5.45. The van der Waals surface area contributed by atoms with Crippen molar-refractivity contribution in [2.75, 3.05) is 24.2 Å². The largest absolute Gasteiger partial charge is 0.373 e. The molecule has 0 bridgehead atoms. The molecule has 1 fully saturated rings. The van der Waals surface area contributed by atoms with Gasteiger partial charge in [-0.3, -0.25) is 4.79 Å². The molecule has 0 radical (unpaired) electrons. The van der Waals surface area contributed by atoms with E-state index in [4.69, 9.17) is 0 Å². The number of benzene rings is 1. The van der Waals surface area contributed by atoms with Gasteiger partial charge in [0.05, 0.1) is 0 Å². The minimum absolute atomic E-state index is 0.0574. The molecule has 0 aromatic heterocycles. The van der Waals surface area contributed by atoms with Crippen LogP contribution in [-0.4, -0.2) is 40.9 Å². The van der Waals surface area contributed by atoms with E-state index in [2.05, 4.69) is 24.4 Å². The van der Waals surface area contributed by atoms with Crippen LogP contribution in [0.4, 0.5) is 5.69 Å². The minimum atomic E-state index is -0.0574. The van der Waals surface area contributed by atoms with Crippen molar-refractivity contribution in [2.24, 2.45) is 0 Å². The number of hydrogen-bond acceptors (Lipinski definition) is 3. The number of anilines is 1. The van der Waals surface area contributed by atoms with Crippen LogP contribution >= 0.6 is 11.8 Å². The Hall–Kier alpha value is -1.16. The fourth-order valence-electron chi connectivity index (χ4n) is 2.83. The Bertz CT molecular complexity index is 452. The fraction of sp³-hybridized carbons (Fsp3) is 0.533. The van der Waals surface area contributed by atoms with Crippen LogP contribution in [0.1, 0.15) is 18.9 Å². The van der Waals surface area contributed by atoms with Gasteiger partial charge in [0.1, 0.15) is 6.04 Å². The molecule has 4 heteroatoms. The molecule has 1 aromatic carbocycles. The smallest absolute Gasteiger partial charge is 0.245 e. The molecule has 1 aromatic rings. The molecule has 1 amide bonds. The number of amides is 1. The number of nitrogens with zero attached hydrogens (tertiary/aromatic N) is 1. The summed E-state index contributed by atoms with van der Waals surface area (Å²) < 4.78 is 0. The van der Waals surface area contributed by atoms with E-state index in [1.54, 1.807) is 0 Å².